The van der Waals surface area contributed by atoms with Crippen LogP contribution < -0.4 is 5.73 Å². The highest BCUT2D eigenvalue weighted by molar-refractivity contribution is 7.09. The largest absolute Gasteiger partial charge is 0.320 e. The third-order valence-corrected chi connectivity index (χ3v) is 4.84. The maximum absolute atomic E-state index is 13.1. The predicted octanol–water partition coefficient (Wildman–Crippen LogP) is 3.38. The molecule has 2 aliphatic carbocycles. The Labute approximate surface area is 103 Å². The predicted molar refractivity (Wildman–Crippen MR) is 63.4 cm³/mol. The summed E-state index contributed by atoms with van der Waals surface area (Å²) in [6.45, 7) is 0. The van der Waals surface area contributed by atoms with Gasteiger partial charge in [-0.25, -0.2) is 13.8 Å². The van der Waals surface area contributed by atoms with Crippen LogP contribution in [0.4, 0.5) is 8.78 Å². The summed E-state index contributed by atoms with van der Waals surface area (Å²) >= 11 is 1.63. The summed E-state index contributed by atoms with van der Waals surface area (Å²) < 4.78 is 26.3. The van der Waals surface area contributed by atoms with Crippen molar-refractivity contribution in [3.05, 3.63) is 16.1 Å². The highest BCUT2D eigenvalue weighted by Crippen LogP contribution is 2.45. The van der Waals surface area contributed by atoms with Crippen LogP contribution in [-0.4, -0.2) is 10.9 Å². The Hall–Kier alpha value is -0.550. The third-order valence-electron chi connectivity index (χ3n) is 3.83. The Morgan fingerprint density at radius 3 is 2.47 bits per heavy atom. The van der Waals surface area contributed by atoms with E-state index in [0.717, 1.165) is 10.7 Å². The fraction of sp³-hybridized carbons (Fsp3) is 0.750. The van der Waals surface area contributed by atoms with Crippen LogP contribution in [0.2, 0.25) is 0 Å². The zero-order valence-electron chi connectivity index (χ0n) is 9.59. The van der Waals surface area contributed by atoms with Crippen LogP contribution in [0.25, 0.3) is 0 Å². The van der Waals surface area contributed by atoms with E-state index in [4.69, 9.17) is 5.73 Å². The zero-order chi connectivity index (χ0) is 12.1. The molecule has 2 saturated carbocycles. The first kappa shape index (κ1) is 11.5. The van der Waals surface area contributed by atoms with E-state index in [-0.39, 0.29) is 12.8 Å². The Kier molecular flexibility index (Phi) is 2.52. The van der Waals surface area contributed by atoms with Crippen LogP contribution in [0.3, 0.4) is 0 Å². The van der Waals surface area contributed by atoms with Gasteiger partial charge in [0.1, 0.15) is 0 Å². The van der Waals surface area contributed by atoms with Gasteiger partial charge in [-0.2, -0.15) is 0 Å². The van der Waals surface area contributed by atoms with E-state index in [1.165, 1.54) is 12.8 Å². The highest BCUT2D eigenvalue weighted by atomic mass is 32.1. The molecule has 2 N–H and O–H groups in total. The highest BCUT2D eigenvalue weighted by Gasteiger charge is 2.43. The van der Waals surface area contributed by atoms with Crippen LogP contribution in [0.1, 0.15) is 55.1 Å². The number of hydrogen-bond acceptors (Lipinski definition) is 3. The average molecular weight is 258 g/mol. The van der Waals surface area contributed by atoms with Crippen molar-refractivity contribution in [2.75, 3.05) is 0 Å². The molecule has 0 radical (unpaired) electrons. The van der Waals surface area contributed by atoms with Gasteiger partial charge < -0.3 is 5.73 Å². The second kappa shape index (κ2) is 3.72. The van der Waals surface area contributed by atoms with Crippen molar-refractivity contribution in [3.8, 4) is 0 Å². The molecular weight excluding hydrogens is 242 g/mol. The van der Waals surface area contributed by atoms with E-state index in [1.54, 1.807) is 11.3 Å². The van der Waals surface area contributed by atoms with E-state index in [9.17, 15) is 8.78 Å². The van der Waals surface area contributed by atoms with Crippen molar-refractivity contribution >= 4 is 11.3 Å². The molecule has 94 valence electrons. The van der Waals surface area contributed by atoms with Gasteiger partial charge in [0.25, 0.3) is 0 Å². The quantitative estimate of drug-likeness (QED) is 0.883. The monoisotopic (exact) mass is 258 g/mol. The van der Waals surface area contributed by atoms with Crippen LogP contribution in [0, 0.1) is 0 Å². The van der Waals surface area contributed by atoms with E-state index in [1.807, 2.05) is 5.38 Å². The summed E-state index contributed by atoms with van der Waals surface area (Å²) in [5.41, 5.74) is 6.46. The lowest BCUT2D eigenvalue weighted by Crippen LogP contribution is -2.43. The molecule has 0 atom stereocenters. The SMILES string of the molecule is NC1(c2csc(C3CC3)n2)CCC(F)(F)CC1. The van der Waals surface area contributed by atoms with Gasteiger partial charge in [0, 0.05) is 24.1 Å². The fourth-order valence-corrected chi connectivity index (χ4v) is 3.45. The number of aromatic nitrogens is 1. The van der Waals surface area contributed by atoms with Crippen molar-refractivity contribution in [2.24, 2.45) is 5.73 Å². The summed E-state index contributed by atoms with van der Waals surface area (Å²) in [4.78, 5) is 4.56. The second-order valence-corrected chi connectivity index (χ2v) is 6.25. The molecule has 0 bridgehead atoms. The van der Waals surface area contributed by atoms with Crippen molar-refractivity contribution in [1.29, 1.82) is 0 Å². The van der Waals surface area contributed by atoms with Gasteiger partial charge in [-0.05, 0) is 25.7 Å². The molecule has 3 rings (SSSR count). The van der Waals surface area contributed by atoms with Crippen LogP contribution >= 0.6 is 11.3 Å². The molecule has 1 aromatic heterocycles. The summed E-state index contributed by atoms with van der Waals surface area (Å²) in [5, 5.41) is 3.11. The summed E-state index contributed by atoms with van der Waals surface area (Å²) in [6, 6.07) is 0. The van der Waals surface area contributed by atoms with Crippen LogP contribution in [0.5, 0.6) is 0 Å². The minimum absolute atomic E-state index is 0.111. The van der Waals surface area contributed by atoms with Gasteiger partial charge in [-0.15, -0.1) is 11.3 Å². The maximum Gasteiger partial charge on any atom is 0.248 e. The number of thiazole rings is 1. The van der Waals surface area contributed by atoms with Gasteiger partial charge in [0.2, 0.25) is 5.92 Å². The van der Waals surface area contributed by atoms with Gasteiger partial charge in [0.05, 0.1) is 16.2 Å². The lowest BCUT2D eigenvalue weighted by atomic mass is 9.79. The number of nitrogens with two attached hydrogens (primary N) is 1. The van der Waals surface area contributed by atoms with Crippen LogP contribution in [-0.2, 0) is 5.54 Å². The summed E-state index contributed by atoms with van der Waals surface area (Å²) in [6.07, 6.45) is 2.88. The molecule has 0 aliphatic heterocycles. The topological polar surface area (TPSA) is 38.9 Å². The van der Waals surface area contributed by atoms with Gasteiger partial charge in [-0.3, -0.25) is 0 Å². The molecule has 0 spiro atoms. The molecule has 2 aliphatic rings. The lowest BCUT2D eigenvalue weighted by Gasteiger charge is -2.35. The number of rotatable bonds is 2. The average Bonchev–Trinajstić information content (AvgIpc) is 3.01. The molecule has 0 saturated heterocycles. The Morgan fingerprint density at radius 2 is 1.88 bits per heavy atom. The van der Waals surface area contributed by atoms with Crippen molar-refractivity contribution in [2.45, 2.75) is 55.9 Å². The summed E-state index contributed by atoms with van der Waals surface area (Å²) in [7, 11) is 0. The fourth-order valence-electron chi connectivity index (χ4n) is 2.35. The smallest absolute Gasteiger partial charge is 0.248 e. The Balaban J connectivity index is 1.77. The first-order valence-corrected chi connectivity index (χ1v) is 6.99. The maximum atomic E-state index is 13.1. The second-order valence-electron chi connectivity index (χ2n) is 5.36. The first-order chi connectivity index (χ1) is 7.99. The Morgan fingerprint density at radius 1 is 1.24 bits per heavy atom. The molecule has 0 unspecified atom stereocenters. The van der Waals surface area contributed by atoms with E-state index in [2.05, 4.69) is 4.98 Å². The molecule has 1 heterocycles. The van der Waals surface area contributed by atoms with E-state index >= 15 is 0 Å². The van der Waals surface area contributed by atoms with Crippen molar-refractivity contribution in [3.63, 3.8) is 0 Å². The van der Waals surface area contributed by atoms with Gasteiger partial charge in [-0.1, -0.05) is 0 Å². The number of halogens is 2. The number of hydrogen-bond donors (Lipinski definition) is 1. The third kappa shape index (κ3) is 2.22. The van der Waals surface area contributed by atoms with Gasteiger partial charge >= 0.3 is 0 Å². The molecule has 2 nitrogen and oxygen atoms in total. The Bertz CT molecular complexity index is 416. The normalized spacial score (nSPS) is 27.0. The van der Waals surface area contributed by atoms with E-state index in [0.29, 0.717) is 18.8 Å². The molecule has 0 amide bonds. The molecule has 5 heteroatoms. The molecule has 1 aromatic rings. The van der Waals surface area contributed by atoms with E-state index < -0.39 is 11.5 Å². The van der Waals surface area contributed by atoms with Gasteiger partial charge in [0.15, 0.2) is 0 Å². The molecular formula is C12H16F2N2S. The minimum Gasteiger partial charge on any atom is -0.320 e. The standard InChI is InChI=1S/C12H16F2N2S/c13-12(14)5-3-11(15,4-6-12)9-7-17-10(16-9)8-1-2-8/h7-8H,1-6,15H2. The van der Waals surface area contributed by atoms with Crippen LogP contribution in [0.15, 0.2) is 5.38 Å². The lowest BCUT2D eigenvalue weighted by molar-refractivity contribution is -0.0518. The molecule has 2 fully saturated rings. The minimum atomic E-state index is -2.53. The van der Waals surface area contributed by atoms with Crippen molar-refractivity contribution in [1.82, 2.24) is 4.98 Å². The number of alkyl halides is 2. The zero-order valence-corrected chi connectivity index (χ0v) is 10.4. The summed E-state index contributed by atoms with van der Waals surface area (Å²) in [5.74, 6) is -1.92. The molecule has 0 aromatic carbocycles. The molecule has 17 heavy (non-hydrogen) atoms. The number of nitrogens with zero attached hydrogens (tertiary/aromatic N) is 1. The first-order valence-electron chi connectivity index (χ1n) is 6.11. The van der Waals surface area contributed by atoms with Crippen molar-refractivity contribution < 1.29 is 8.78 Å².